The number of H-pyrrole nitrogens is 1. The van der Waals surface area contributed by atoms with Gasteiger partial charge in [-0.2, -0.15) is 0 Å². The van der Waals surface area contributed by atoms with Crippen molar-refractivity contribution in [3.63, 3.8) is 0 Å². The molecule has 0 spiro atoms. The quantitative estimate of drug-likeness (QED) is 0.204. The first kappa shape index (κ1) is 26.7. The van der Waals surface area contributed by atoms with Gasteiger partial charge in [0.1, 0.15) is 5.54 Å². The van der Waals surface area contributed by atoms with Crippen molar-refractivity contribution in [3.05, 3.63) is 71.4 Å². The molecule has 1 atom stereocenters. The third-order valence-electron chi connectivity index (χ3n) is 6.09. The van der Waals surface area contributed by atoms with Crippen LogP contribution in [0.3, 0.4) is 0 Å². The minimum atomic E-state index is -1.35. The van der Waals surface area contributed by atoms with Crippen LogP contribution in [0.25, 0.3) is 10.9 Å². The topological polar surface area (TPSA) is 135 Å². The third-order valence-corrected chi connectivity index (χ3v) is 6.09. The molecular weight excluding hydrogens is 458 g/mol. The molecule has 0 radical (unpaired) electrons. The first-order chi connectivity index (χ1) is 17.3. The van der Waals surface area contributed by atoms with Gasteiger partial charge in [0.05, 0.1) is 6.54 Å². The van der Waals surface area contributed by atoms with Crippen LogP contribution in [-0.2, 0) is 29.0 Å². The Morgan fingerprint density at radius 3 is 2.42 bits per heavy atom. The van der Waals surface area contributed by atoms with Crippen LogP contribution < -0.4 is 21.3 Å². The van der Waals surface area contributed by atoms with Crippen molar-refractivity contribution in [2.45, 2.75) is 45.2 Å². The summed E-state index contributed by atoms with van der Waals surface area (Å²) in [6, 6.07) is 15.4. The van der Waals surface area contributed by atoms with Gasteiger partial charge >= 0.3 is 6.09 Å². The van der Waals surface area contributed by atoms with Gasteiger partial charge in [-0.05, 0) is 49.1 Å². The van der Waals surface area contributed by atoms with E-state index in [1.807, 2.05) is 61.7 Å². The van der Waals surface area contributed by atoms with E-state index >= 15 is 0 Å². The summed E-state index contributed by atoms with van der Waals surface area (Å²) in [7, 11) is 0. The molecule has 0 saturated heterocycles. The molecule has 1 aromatic heterocycles. The lowest BCUT2D eigenvalue weighted by atomic mass is 9.91. The SMILES string of the molecule is CCCNCC(=O)NCc1ccccc1CCNC(=O)C(C)(Cc1c[nH]c2ccccc12)NC(=O)O. The maximum Gasteiger partial charge on any atom is 0.405 e. The van der Waals surface area contributed by atoms with Crippen molar-refractivity contribution in [2.24, 2.45) is 0 Å². The molecule has 0 aliphatic rings. The van der Waals surface area contributed by atoms with Gasteiger partial charge in [-0.15, -0.1) is 0 Å². The largest absolute Gasteiger partial charge is 0.465 e. The van der Waals surface area contributed by atoms with Gasteiger partial charge in [0.25, 0.3) is 0 Å². The molecule has 6 N–H and O–H groups in total. The number of hydrogen-bond donors (Lipinski definition) is 6. The minimum Gasteiger partial charge on any atom is -0.465 e. The predicted octanol–water partition coefficient (Wildman–Crippen LogP) is 2.71. The normalized spacial score (nSPS) is 12.6. The van der Waals surface area contributed by atoms with E-state index in [-0.39, 0.29) is 18.9 Å². The molecule has 2 aromatic carbocycles. The number of amides is 3. The van der Waals surface area contributed by atoms with Gasteiger partial charge < -0.3 is 31.4 Å². The van der Waals surface area contributed by atoms with Crippen molar-refractivity contribution < 1.29 is 19.5 Å². The molecule has 0 aliphatic heterocycles. The number of hydrogen-bond acceptors (Lipinski definition) is 4. The smallest absolute Gasteiger partial charge is 0.405 e. The van der Waals surface area contributed by atoms with Crippen LogP contribution in [0.4, 0.5) is 4.79 Å². The molecule has 0 fully saturated rings. The molecule has 1 unspecified atom stereocenters. The molecule has 1 heterocycles. The zero-order valence-electron chi connectivity index (χ0n) is 20.8. The van der Waals surface area contributed by atoms with E-state index < -0.39 is 17.5 Å². The van der Waals surface area contributed by atoms with Gasteiger partial charge in [0.15, 0.2) is 0 Å². The molecule has 3 aromatic rings. The van der Waals surface area contributed by atoms with E-state index in [1.54, 1.807) is 6.92 Å². The number of para-hydroxylation sites is 1. The van der Waals surface area contributed by atoms with E-state index in [9.17, 15) is 19.5 Å². The zero-order chi connectivity index (χ0) is 26.0. The van der Waals surface area contributed by atoms with Crippen LogP contribution >= 0.6 is 0 Å². The molecule has 3 rings (SSSR count). The van der Waals surface area contributed by atoms with Crippen molar-refractivity contribution in [1.82, 2.24) is 26.3 Å². The standard InChI is InChI=1S/C27H35N5O4/c1-3-13-28-18-24(33)31-16-20-9-5-4-8-19(20)12-14-29-25(34)27(2,32-26(35)36)15-21-17-30-23-11-7-6-10-22(21)23/h4-11,17,28,30,32H,3,12-16,18H2,1-2H3,(H,29,34)(H,31,33)(H,35,36). The van der Waals surface area contributed by atoms with Gasteiger partial charge in [0, 0.05) is 36.6 Å². The lowest BCUT2D eigenvalue weighted by molar-refractivity contribution is -0.126. The fourth-order valence-electron chi connectivity index (χ4n) is 4.19. The monoisotopic (exact) mass is 493 g/mol. The Balaban J connectivity index is 1.61. The fourth-order valence-corrected chi connectivity index (χ4v) is 4.19. The van der Waals surface area contributed by atoms with E-state index in [4.69, 9.17) is 0 Å². The van der Waals surface area contributed by atoms with Crippen molar-refractivity contribution in [1.29, 1.82) is 0 Å². The summed E-state index contributed by atoms with van der Waals surface area (Å²) >= 11 is 0. The molecular formula is C27H35N5O4. The fraction of sp³-hybridized carbons (Fsp3) is 0.370. The van der Waals surface area contributed by atoms with Gasteiger partial charge in [0.2, 0.25) is 11.8 Å². The average molecular weight is 494 g/mol. The number of carbonyl (C=O) groups is 3. The first-order valence-electron chi connectivity index (χ1n) is 12.2. The van der Waals surface area contributed by atoms with E-state index in [0.29, 0.717) is 19.5 Å². The van der Waals surface area contributed by atoms with Gasteiger partial charge in [-0.3, -0.25) is 9.59 Å². The highest BCUT2D eigenvalue weighted by Crippen LogP contribution is 2.23. The number of aromatic amines is 1. The molecule has 0 aliphatic carbocycles. The summed E-state index contributed by atoms with van der Waals surface area (Å²) in [5.41, 5.74) is 2.40. The Labute approximate surface area is 211 Å². The average Bonchev–Trinajstić information content (AvgIpc) is 3.25. The molecule has 0 saturated carbocycles. The van der Waals surface area contributed by atoms with Crippen LogP contribution in [0.15, 0.2) is 54.7 Å². The maximum absolute atomic E-state index is 13.2. The Kier molecular flexibility index (Phi) is 9.46. The Bertz CT molecular complexity index is 1190. The van der Waals surface area contributed by atoms with Crippen molar-refractivity contribution >= 4 is 28.8 Å². The van der Waals surface area contributed by atoms with Gasteiger partial charge in [-0.1, -0.05) is 49.4 Å². The Morgan fingerprint density at radius 2 is 1.67 bits per heavy atom. The zero-order valence-corrected chi connectivity index (χ0v) is 20.8. The van der Waals surface area contributed by atoms with Crippen LogP contribution in [-0.4, -0.2) is 53.2 Å². The van der Waals surface area contributed by atoms with Crippen molar-refractivity contribution in [2.75, 3.05) is 19.6 Å². The molecule has 0 bridgehead atoms. The number of rotatable bonds is 13. The lowest BCUT2D eigenvalue weighted by Crippen LogP contribution is -2.58. The molecule has 3 amide bonds. The Morgan fingerprint density at radius 1 is 0.944 bits per heavy atom. The summed E-state index contributed by atoms with van der Waals surface area (Å²) < 4.78 is 0. The lowest BCUT2D eigenvalue weighted by Gasteiger charge is -2.28. The number of nitrogens with one attached hydrogen (secondary N) is 5. The summed E-state index contributed by atoms with van der Waals surface area (Å²) in [5, 5.41) is 21.7. The molecule has 9 nitrogen and oxygen atoms in total. The minimum absolute atomic E-state index is 0.0700. The number of benzene rings is 2. The summed E-state index contributed by atoms with van der Waals surface area (Å²) in [4.78, 5) is 39.9. The second-order valence-corrected chi connectivity index (χ2v) is 9.03. The van der Waals surface area contributed by atoms with Crippen LogP contribution in [0.5, 0.6) is 0 Å². The van der Waals surface area contributed by atoms with Gasteiger partial charge in [-0.25, -0.2) is 4.79 Å². The van der Waals surface area contributed by atoms with Crippen molar-refractivity contribution in [3.8, 4) is 0 Å². The number of carboxylic acid groups (broad SMARTS) is 1. The van der Waals surface area contributed by atoms with E-state index in [2.05, 4.69) is 26.3 Å². The summed E-state index contributed by atoms with van der Waals surface area (Å²) in [6.07, 6.45) is 2.25. The molecule has 9 heteroatoms. The van der Waals surface area contributed by atoms with E-state index in [0.717, 1.165) is 40.6 Å². The van der Waals surface area contributed by atoms with E-state index in [1.165, 1.54) is 0 Å². The summed E-state index contributed by atoms with van der Waals surface area (Å²) in [5.74, 6) is -0.470. The summed E-state index contributed by atoms with van der Waals surface area (Å²) in [6.45, 7) is 5.43. The molecule has 36 heavy (non-hydrogen) atoms. The predicted molar refractivity (Wildman–Crippen MR) is 140 cm³/mol. The third kappa shape index (κ3) is 7.32. The van der Waals surface area contributed by atoms with Crippen LogP contribution in [0.1, 0.15) is 37.0 Å². The maximum atomic E-state index is 13.2. The Hall–Kier alpha value is -3.85. The number of carbonyl (C=O) groups excluding carboxylic acids is 2. The highest BCUT2D eigenvalue weighted by Gasteiger charge is 2.35. The highest BCUT2D eigenvalue weighted by atomic mass is 16.4. The molecule has 192 valence electrons. The van der Waals surface area contributed by atoms with Crippen LogP contribution in [0, 0.1) is 0 Å². The number of aromatic nitrogens is 1. The highest BCUT2D eigenvalue weighted by molar-refractivity contribution is 5.91. The first-order valence-corrected chi connectivity index (χ1v) is 12.2. The van der Waals surface area contributed by atoms with Crippen LogP contribution in [0.2, 0.25) is 0 Å². The second kappa shape index (κ2) is 12.7. The number of fused-ring (bicyclic) bond motifs is 1. The second-order valence-electron chi connectivity index (χ2n) is 9.03.